The number of rotatable bonds is 2. The fourth-order valence-electron chi connectivity index (χ4n) is 1.88. The summed E-state index contributed by atoms with van der Waals surface area (Å²) in [6.45, 7) is 3.60. The van der Waals surface area contributed by atoms with E-state index in [-0.39, 0.29) is 5.56 Å². The van der Waals surface area contributed by atoms with Crippen molar-refractivity contribution in [1.29, 1.82) is 0 Å². The van der Waals surface area contributed by atoms with Crippen LogP contribution in [0.3, 0.4) is 0 Å². The first-order valence-electron chi connectivity index (χ1n) is 5.92. The number of nitrogens with one attached hydrogen (secondary N) is 1. The summed E-state index contributed by atoms with van der Waals surface area (Å²) in [5, 5.41) is 2.57. The summed E-state index contributed by atoms with van der Waals surface area (Å²) < 4.78 is 39.1. The Morgan fingerprint density at radius 2 is 1.50 bits per heavy atom. The van der Waals surface area contributed by atoms with Crippen molar-refractivity contribution in [2.75, 3.05) is 5.32 Å². The van der Waals surface area contributed by atoms with Crippen LogP contribution in [0.5, 0.6) is 0 Å². The van der Waals surface area contributed by atoms with Gasteiger partial charge in [0.2, 0.25) is 0 Å². The molecule has 0 aliphatic rings. The molecule has 0 bridgehead atoms. The largest absolute Gasteiger partial charge is 0.322 e. The molecule has 0 spiro atoms. The third-order valence-corrected chi connectivity index (χ3v) is 2.97. The van der Waals surface area contributed by atoms with Gasteiger partial charge in [0.25, 0.3) is 5.91 Å². The second-order valence-corrected chi connectivity index (χ2v) is 4.47. The topological polar surface area (TPSA) is 29.1 Å². The smallest absolute Gasteiger partial charge is 0.255 e. The number of carbonyl (C=O) groups excluding carboxylic acids is 1. The zero-order valence-corrected chi connectivity index (χ0v) is 10.9. The van der Waals surface area contributed by atoms with E-state index in [4.69, 9.17) is 0 Å². The first-order chi connectivity index (χ1) is 9.40. The fraction of sp³-hybridized carbons (Fsp3) is 0.133. The summed E-state index contributed by atoms with van der Waals surface area (Å²) in [5.74, 6) is -5.07. The Kier molecular flexibility index (Phi) is 3.79. The van der Waals surface area contributed by atoms with E-state index in [9.17, 15) is 18.0 Å². The van der Waals surface area contributed by atoms with Crippen LogP contribution in [0.4, 0.5) is 18.9 Å². The summed E-state index contributed by atoms with van der Waals surface area (Å²) in [7, 11) is 0. The molecule has 104 valence electrons. The number of aryl methyl sites for hydroxylation is 2. The van der Waals surface area contributed by atoms with Crippen LogP contribution < -0.4 is 5.32 Å². The van der Waals surface area contributed by atoms with E-state index in [0.717, 1.165) is 11.1 Å². The molecule has 0 unspecified atom stereocenters. The molecule has 0 heterocycles. The molecule has 0 fully saturated rings. The van der Waals surface area contributed by atoms with Crippen LogP contribution >= 0.6 is 0 Å². The molecule has 0 saturated heterocycles. The van der Waals surface area contributed by atoms with Gasteiger partial charge < -0.3 is 5.32 Å². The van der Waals surface area contributed by atoms with Crippen molar-refractivity contribution < 1.29 is 18.0 Å². The molecule has 0 radical (unpaired) electrons. The molecule has 1 amide bonds. The van der Waals surface area contributed by atoms with E-state index in [1.54, 1.807) is 26.0 Å². The Balaban J connectivity index is 2.34. The number of benzene rings is 2. The molecular weight excluding hydrogens is 267 g/mol. The van der Waals surface area contributed by atoms with E-state index in [0.29, 0.717) is 17.8 Å². The van der Waals surface area contributed by atoms with Crippen molar-refractivity contribution in [2.45, 2.75) is 13.8 Å². The average Bonchev–Trinajstić information content (AvgIpc) is 2.39. The summed E-state index contributed by atoms with van der Waals surface area (Å²) in [6, 6.07) is 6.77. The standard InChI is InChI=1S/C15H12F3NO/c1-8-4-3-5-9(2)14(8)19-15(20)10-6-11(16)13(18)12(17)7-10/h3-7H,1-2H3,(H,19,20). The van der Waals surface area contributed by atoms with Crippen molar-refractivity contribution in [3.05, 3.63) is 64.5 Å². The molecule has 2 aromatic rings. The van der Waals surface area contributed by atoms with E-state index >= 15 is 0 Å². The molecule has 0 aromatic heterocycles. The van der Waals surface area contributed by atoms with Crippen molar-refractivity contribution in [2.24, 2.45) is 0 Å². The first-order valence-corrected chi connectivity index (χ1v) is 5.92. The Labute approximate surface area is 114 Å². The molecule has 0 aliphatic heterocycles. The van der Waals surface area contributed by atoms with Gasteiger partial charge in [0, 0.05) is 11.3 Å². The van der Waals surface area contributed by atoms with Gasteiger partial charge in [0.05, 0.1) is 0 Å². The molecule has 2 nitrogen and oxygen atoms in total. The predicted molar refractivity (Wildman–Crippen MR) is 70.2 cm³/mol. The van der Waals surface area contributed by atoms with Crippen LogP contribution in [0.1, 0.15) is 21.5 Å². The summed E-state index contributed by atoms with van der Waals surface area (Å²) >= 11 is 0. The summed E-state index contributed by atoms with van der Waals surface area (Å²) in [4.78, 5) is 12.0. The lowest BCUT2D eigenvalue weighted by molar-refractivity contribution is 0.102. The maximum Gasteiger partial charge on any atom is 0.255 e. The predicted octanol–water partition coefficient (Wildman–Crippen LogP) is 3.97. The number of carbonyl (C=O) groups is 1. The Bertz CT molecular complexity index is 640. The van der Waals surface area contributed by atoms with Gasteiger partial charge in [-0.1, -0.05) is 18.2 Å². The minimum absolute atomic E-state index is 0.274. The van der Waals surface area contributed by atoms with E-state index in [1.165, 1.54) is 0 Å². The molecular formula is C15H12F3NO. The first kappa shape index (κ1) is 14.1. The van der Waals surface area contributed by atoms with Gasteiger partial charge in [-0.25, -0.2) is 13.2 Å². The highest BCUT2D eigenvalue weighted by atomic mass is 19.2. The van der Waals surface area contributed by atoms with Crippen LogP contribution in [0.25, 0.3) is 0 Å². The number of amides is 1. The van der Waals surface area contributed by atoms with E-state index in [1.807, 2.05) is 6.07 Å². The summed E-state index contributed by atoms with van der Waals surface area (Å²) in [6.07, 6.45) is 0. The molecule has 20 heavy (non-hydrogen) atoms. The van der Waals surface area contributed by atoms with Crippen molar-refractivity contribution in [3.63, 3.8) is 0 Å². The van der Waals surface area contributed by atoms with Gasteiger partial charge >= 0.3 is 0 Å². The molecule has 2 aromatic carbocycles. The number of hydrogen-bond acceptors (Lipinski definition) is 1. The summed E-state index contributed by atoms with van der Waals surface area (Å²) in [5.41, 5.74) is 1.94. The number of hydrogen-bond donors (Lipinski definition) is 1. The number of halogens is 3. The zero-order valence-electron chi connectivity index (χ0n) is 10.9. The highest BCUT2D eigenvalue weighted by molar-refractivity contribution is 6.05. The third kappa shape index (κ3) is 2.66. The average molecular weight is 279 g/mol. The molecule has 5 heteroatoms. The monoisotopic (exact) mass is 279 g/mol. The van der Waals surface area contributed by atoms with Crippen LogP contribution in [0, 0.1) is 31.3 Å². The highest BCUT2D eigenvalue weighted by Gasteiger charge is 2.16. The van der Waals surface area contributed by atoms with Gasteiger partial charge in [-0.15, -0.1) is 0 Å². The van der Waals surface area contributed by atoms with Crippen molar-refractivity contribution in [1.82, 2.24) is 0 Å². The van der Waals surface area contributed by atoms with Gasteiger partial charge in [0.15, 0.2) is 17.5 Å². The Hall–Kier alpha value is -2.30. The van der Waals surface area contributed by atoms with Gasteiger partial charge in [-0.2, -0.15) is 0 Å². The lowest BCUT2D eigenvalue weighted by atomic mass is 10.1. The minimum atomic E-state index is -1.59. The lowest BCUT2D eigenvalue weighted by Crippen LogP contribution is -2.15. The molecule has 2 rings (SSSR count). The third-order valence-electron chi connectivity index (χ3n) is 2.97. The minimum Gasteiger partial charge on any atom is -0.322 e. The van der Waals surface area contributed by atoms with Gasteiger partial charge in [0.1, 0.15) is 0 Å². The molecule has 0 aliphatic carbocycles. The SMILES string of the molecule is Cc1cccc(C)c1NC(=O)c1cc(F)c(F)c(F)c1. The number of para-hydroxylation sites is 1. The van der Waals surface area contributed by atoms with Crippen LogP contribution in [0.2, 0.25) is 0 Å². The lowest BCUT2D eigenvalue weighted by Gasteiger charge is -2.11. The van der Waals surface area contributed by atoms with E-state index < -0.39 is 23.4 Å². The maximum absolute atomic E-state index is 13.1. The normalized spacial score (nSPS) is 10.4. The zero-order chi connectivity index (χ0) is 14.9. The van der Waals surface area contributed by atoms with Crippen molar-refractivity contribution in [3.8, 4) is 0 Å². The highest BCUT2D eigenvalue weighted by Crippen LogP contribution is 2.21. The van der Waals surface area contributed by atoms with Gasteiger partial charge in [-0.3, -0.25) is 4.79 Å². The Morgan fingerprint density at radius 3 is 2.00 bits per heavy atom. The molecule has 0 atom stereocenters. The molecule has 1 N–H and O–H groups in total. The van der Waals surface area contributed by atoms with Crippen molar-refractivity contribution >= 4 is 11.6 Å². The second kappa shape index (κ2) is 5.36. The number of anilines is 1. The van der Waals surface area contributed by atoms with E-state index in [2.05, 4.69) is 5.32 Å². The quantitative estimate of drug-likeness (QED) is 0.828. The Morgan fingerprint density at radius 1 is 1.00 bits per heavy atom. The van der Waals surface area contributed by atoms with Crippen LogP contribution in [0.15, 0.2) is 30.3 Å². The van der Waals surface area contributed by atoms with Crippen LogP contribution in [-0.2, 0) is 0 Å². The van der Waals surface area contributed by atoms with Gasteiger partial charge in [-0.05, 0) is 37.1 Å². The van der Waals surface area contributed by atoms with Crippen LogP contribution in [-0.4, -0.2) is 5.91 Å². The maximum atomic E-state index is 13.1. The molecule has 0 saturated carbocycles. The second-order valence-electron chi connectivity index (χ2n) is 4.47. The fourth-order valence-corrected chi connectivity index (χ4v) is 1.88.